The van der Waals surface area contributed by atoms with Crippen LogP contribution in [0.4, 0.5) is 4.39 Å². The Hall–Kier alpha value is -0.0600. The van der Waals surface area contributed by atoms with Crippen LogP contribution >= 0.6 is 27.7 Å². The Labute approximate surface area is 135 Å². The van der Waals surface area contributed by atoms with Crippen molar-refractivity contribution in [1.82, 2.24) is 5.32 Å². The summed E-state index contributed by atoms with van der Waals surface area (Å²) in [6.07, 6.45) is 3.27. The normalized spacial score (nSPS) is 14.2. The highest BCUT2D eigenvalue weighted by Crippen LogP contribution is 2.22. The summed E-state index contributed by atoms with van der Waals surface area (Å²) in [5.74, 6) is 0.909. The third-order valence-corrected chi connectivity index (χ3v) is 5.56. The van der Waals surface area contributed by atoms with Crippen molar-refractivity contribution in [2.24, 2.45) is 0 Å². The lowest BCUT2D eigenvalue weighted by molar-refractivity contribution is 0.547. The highest BCUT2D eigenvalue weighted by atomic mass is 79.9. The molecule has 1 nitrogen and oxygen atoms in total. The molecule has 0 aliphatic carbocycles. The molecule has 1 aromatic rings. The smallest absolute Gasteiger partial charge is 0.124 e. The minimum Gasteiger partial charge on any atom is -0.313 e. The van der Waals surface area contributed by atoms with Gasteiger partial charge in [-0.05, 0) is 43.5 Å². The lowest BCUT2D eigenvalue weighted by Gasteiger charge is -2.20. The second-order valence-electron chi connectivity index (χ2n) is 5.14. The Morgan fingerprint density at radius 3 is 2.70 bits per heavy atom. The van der Waals surface area contributed by atoms with Crippen LogP contribution in [0.3, 0.4) is 0 Å². The van der Waals surface area contributed by atoms with E-state index in [0.717, 1.165) is 29.6 Å². The molecule has 0 spiro atoms. The molecule has 0 radical (unpaired) electrons. The van der Waals surface area contributed by atoms with Gasteiger partial charge in [-0.2, -0.15) is 11.8 Å². The van der Waals surface area contributed by atoms with E-state index in [1.165, 1.54) is 12.0 Å². The van der Waals surface area contributed by atoms with Gasteiger partial charge >= 0.3 is 0 Å². The van der Waals surface area contributed by atoms with Crippen LogP contribution in [0, 0.1) is 5.82 Å². The molecular formula is C16H25BrFNS. The second kappa shape index (κ2) is 9.80. The van der Waals surface area contributed by atoms with Gasteiger partial charge in [-0.15, -0.1) is 0 Å². The molecule has 1 N–H and O–H groups in total. The van der Waals surface area contributed by atoms with Crippen LogP contribution in [0.5, 0.6) is 0 Å². The predicted molar refractivity (Wildman–Crippen MR) is 92.1 cm³/mol. The Morgan fingerprint density at radius 2 is 2.10 bits per heavy atom. The maximum atomic E-state index is 13.1. The van der Waals surface area contributed by atoms with Gasteiger partial charge in [-0.1, -0.05) is 42.8 Å². The molecule has 114 valence electrons. The molecule has 0 aliphatic rings. The van der Waals surface area contributed by atoms with E-state index in [1.54, 1.807) is 12.1 Å². The predicted octanol–water partition coefficient (Wildman–Crippen LogP) is 5.03. The van der Waals surface area contributed by atoms with Gasteiger partial charge < -0.3 is 5.32 Å². The summed E-state index contributed by atoms with van der Waals surface area (Å²) in [5.41, 5.74) is 1.17. The number of rotatable bonds is 9. The summed E-state index contributed by atoms with van der Waals surface area (Å²) in [4.78, 5) is 0. The highest BCUT2D eigenvalue weighted by Gasteiger charge is 2.13. The van der Waals surface area contributed by atoms with E-state index in [2.05, 4.69) is 42.0 Å². The van der Waals surface area contributed by atoms with E-state index in [-0.39, 0.29) is 5.82 Å². The summed E-state index contributed by atoms with van der Waals surface area (Å²) < 4.78 is 14.0. The Morgan fingerprint density at radius 1 is 1.35 bits per heavy atom. The minimum atomic E-state index is -0.187. The molecule has 0 bridgehead atoms. The monoisotopic (exact) mass is 361 g/mol. The van der Waals surface area contributed by atoms with Gasteiger partial charge in [-0.3, -0.25) is 0 Å². The van der Waals surface area contributed by atoms with Gasteiger partial charge in [0.15, 0.2) is 0 Å². The van der Waals surface area contributed by atoms with Crippen LogP contribution in [0.15, 0.2) is 22.7 Å². The van der Waals surface area contributed by atoms with Crippen LogP contribution in [0.1, 0.15) is 39.2 Å². The van der Waals surface area contributed by atoms with Crippen molar-refractivity contribution in [1.29, 1.82) is 0 Å². The van der Waals surface area contributed by atoms with E-state index in [0.29, 0.717) is 11.3 Å². The fourth-order valence-corrected chi connectivity index (χ4v) is 3.43. The molecule has 0 amide bonds. The lowest BCUT2D eigenvalue weighted by Crippen LogP contribution is -2.34. The molecule has 0 fully saturated rings. The van der Waals surface area contributed by atoms with Gasteiger partial charge in [0.25, 0.3) is 0 Å². The molecular weight excluding hydrogens is 337 g/mol. The molecule has 4 heteroatoms. The minimum absolute atomic E-state index is 0.187. The first-order chi connectivity index (χ1) is 9.56. The first kappa shape index (κ1) is 18.0. The number of hydrogen-bond donors (Lipinski definition) is 1. The van der Waals surface area contributed by atoms with Gasteiger partial charge in [0.05, 0.1) is 0 Å². The van der Waals surface area contributed by atoms with Crippen LogP contribution in [0.2, 0.25) is 0 Å². The lowest BCUT2D eigenvalue weighted by atomic mass is 10.1. The van der Waals surface area contributed by atoms with Crippen molar-refractivity contribution in [3.63, 3.8) is 0 Å². The van der Waals surface area contributed by atoms with Crippen molar-refractivity contribution in [3.8, 4) is 0 Å². The van der Waals surface area contributed by atoms with Crippen molar-refractivity contribution in [2.75, 3.05) is 12.3 Å². The van der Waals surface area contributed by atoms with E-state index in [1.807, 2.05) is 17.8 Å². The topological polar surface area (TPSA) is 12.0 Å². The third-order valence-electron chi connectivity index (χ3n) is 3.32. The summed E-state index contributed by atoms with van der Waals surface area (Å²) in [6.45, 7) is 7.71. The number of hydrogen-bond acceptors (Lipinski definition) is 2. The number of benzene rings is 1. The molecule has 1 rings (SSSR count). The largest absolute Gasteiger partial charge is 0.313 e. The van der Waals surface area contributed by atoms with Crippen LogP contribution < -0.4 is 5.32 Å². The summed E-state index contributed by atoms with van der Waals surface area (Å²) in [5, 5.41) is 4.30. The summed E-state index contributed by atoms with van der Waals surface area (Å²) in [7, 11) is 0. The molecule has 1 aromatic carbocycles. The van der Waals surface area contributed by atoms with Crippen molar-refractivity contribution < 1.29 is 4.39 Å². The maximum absolute atomic E-state index is 13.1. The molecule has 2 atom stereocenters. The van der Waals surface area contributed by atoms with E-state index < -0.39 is 0 Å². The zero-order valence-electron chi connectivity index (χ0n) is 12.6. The molecule has 0 saturated heterocycles. The number of halogens is 2. The summed E-state index contributed by atoms with van der Waals surface area (Å²) in [6, 6.07) is 5.41. The van der Waals surface area contributed by atoms with E-state index in [4.69, 9.17) is 0 Å². The Kier molecular flexibility index (Phi) is 8.82. The van der Waals surface area contributed by atoms with Gasteiger partial charge in [-0.25, -0.2) is 4.39 Å². The number of thioether (sulfide) groups is 1. The zero-order chi connectivity index (χ0) is 15.0. The van der Waals surface area contributed by atoms with Crippen LogP contribution in [0.25, 0.3) is 0 Å². The molecule has 0 aliphatic heterocycles. The second-order valence-corrected chi connectivity index (χ2v) is 7.47. The summed E-state index contributed by atoms with van der Waals surface area (Å²) >= 11 is 5.47. The highest BCUT2D eigenvalue weighted by molar-refractivity contribution is 9.10. The molecule has 2 unspecified atom stereocenters. The maximum Gasteiger partial charge on any atom is 0.124 e. The van der Waals surface area contributed by atoms with Gasteiger partial charge in [0.1, 0.15) is 5.82 Å². The van der Waals surface area contributed by atoms with Crippen LogP contribution in [-0.2, 0) is 6.42 Å². The Balaban J connectivity index is 2.62. The molecule has 20 heavy (non-hydrogen) atoms. The quantitative estimate of drug-likeness (QED) is 0.661. The first-order valence-electron chi connectivity index (χ1n) is 7.35. The van der Waals surface area contributed by atoms with Crippen LogP contribution in [-0.4, -0.2) is 23.6 Å². The molecule has 0 aromatic heterocycles. The van der Waals surface area contributed by atoms with Crippen molar-refractivity contribution in [2.45, 2.75) is 51.3 Å². The van der Waals surface area contributed by atoms with E-state index in [9.17, 15) is 4.39 Å². The van der Waals surface area contributed by atoms with Gasteiger partial charge in [0, 0.05) is 21.5 Å². The standard InChI is InChI=1S/C16H25BrFNS/c1-4-8-19-15(11-20-12(3)5-2)9-13-6-7-14(18)10-16(13)17/h6-7,10,12,15,19H,4-5,8-9,11H2,1-3H3. The van der Waals surface area contributed by atoms with Gasteiger partial charge in [0.2, 0.25) is 0 Å². The average Bonchev–Trinajstić information content (AvgIpc) is 2.43. The van der Waals surface area contributed by atoms with Crippen molar-refractivity contribution >= 4 is 27.7 Å². The number of nitrogens with one attached hydrogen (secondary N) is 1. The first-order valence-corrected chi connectivity index (χ1v) is 9.19. The fraction of sp³-hybridized carbons (Fsp3) is 0.625. The fourth-order valence-electron chi connectivity index (χ4n) is 1.89. The zero-order valence-corrected chi connectivity index (χ0v) is 15.0. The molecule has 0 saturated carbocycles. The van der Waals surface area contributed by atoms with Crippen molar-refractivity contribution in [3.05, 3.63) is 34.1 Å². The average molecular weight is 362 g/mol. The SMILES string of the molecule is CCCNC(CSC(C)CC)Cc1ccc(F)cc1Br. The Bertz CT molecular complexity index is 400. The van der Waals surface area contributed by atoms with E-state index >= 15 is 0 Å². The third kappa shape index (κ3) is 6.59. The molecule has 0 heterocycles.